The van der Waals surface area contributed by atoms with E-state index in [0.29, 0.717) is 26.4 Å². The van der Waals surface area contributed by atoms with Crippen LogP contribution in [0.3, 0.4) is 0 Å². The molecule has 108 valence electrons. The summed E-state index contributed by atoms with van der Waals surface area (Å²) in [6.07, 6.45) is 3.70. The van der Waals surface area contributed by atoms with E-state index in [9.17, 15) is 5.11 Å². The monoisotopic (exact) mass is 259 g/mol. The Morgan fingerprint density at radius 2 is 1.94 bits per heavy atom. The first kappa shape index (κ1) is 15.9. The Morgan fingerprint density at radius 1 is 1.22 bits per heavy atom. The smallest absolute Gasteiger partial charge is 0.0700 e. The third kappa shape index (κ3) is 3.67. The summed E-state index contributed by atoms with van der Waals surface area (Å²) in [6, 6.07) is 0. The number of hydrogen-bond acceptors (Lipinski definition) is 4. The van der Waals surface area contributed by atoms with E-state index in [2.05, 4.69) is 13.8 Å². The van der Waals surface area contributed by atoms with E-state index in [-0.39, 0.29) is 16.9 Å². The predicted molar refractivity (Wildman–Crippen MR) is 72.4 cm³/mol. The van der Waals surface area contributed by atoms with Crippen LogP contribution in [0.25, 0.3) is 0 Å². The van der Waals surface area contributed by atoms with Gasteiger partial charge in [0.1, 0.15) is 0 Å². The number of rotatable bonds is 7. The van der Waals surface area contributed by atoms with E-state index in [1.807, 2.05) is 0 Å². The van der Waals surface area contributed by atoms with Crippen molar-refractivity contribution in [3.63, 3.8) is 0 Å². The molecule has 1 aliphatic carbocycles. The summed E-state index contributed by atoms with van der Waals surface area (Å²) in [6.45, 7) is 6.67. The topological polar surface area (TPSA) is 64.7 Å². The number of ether oxygens (including phenoxy) is 2. The van der Waals surface area contributed by atoms with Crippen molar-refractivity contribution in [1.82, 2.24) is 0 Å². The van der Waals surface area contributed by atoms with Gasteiger partial charge in [0.05, 0.1) is 19.3 Å². The minimum atomic E-state index is -0.338. The Balaban J connectivity index is 2.50. The third-order valence-corrected chi connectivity index (χ3v) is 4.40. The van der Waals surface area contributed by atoms with E-state index in [1.54, 1.807) is 7.11 Å². The highest BCUT2D eigenvalue weighted by atomic mass is 16.5. The van der Waals surface area contributed by atoms with Gasteiger partial charge in [0.15, 0.2) is 0 Å². The van der Waals surface area contributed by atoms with Crippen LogP contribution in [0.5, 0.6) is 0 Å². The van der Waals surface area contributed by atoms with Crippen LogP contribution in [0.15, 0.2) is 0 Å². The lowest BCUT2D eigenvalue weighted by Crippen LogP contribution is -2.52. The molecule has 1 fully saturated rings. The fraction of sp³-hybridized carbons (Fsp3) is 1.00. The van der Waals surface area contributed by atoms with Crippen LogP contribution in [0.2, 0.25) is 0 Å². The zero-order valence-corrected chi connectivity index (χ0v) is 12.1. The SMILES string of the molecule is COCCOCCC1(CN)CCCC(C)(C)C1O. The maximum Gasteiger partial charge on any atom is 0.0700 e. The molecule has 0 bridgehead atoms. The van der Waals surface area contributed by atoms with E-state index >= 15 is 0 Å². The van der Waals surface area contributed by atoms with Gasteiger partial charge >= 0.3 is 0 Å². The van der Waals surface area contributed by atoms with Gasteiger partial charge in [-0.2, -0.15) is 0 Å². The highest BCUT2D eigenvalue weighted by Crippen LogP contribution is 2.47. The first-order valence-electron chi connectivity index (χ1n) is 6.93. The van der Waals surface area contributed by atoms with Crippen molar-refractivity contribution in [1.29, 1.82) is 0 Å². The molecule has 0 aromatic heterocycles. The highest BCUT2D eigenvalue weighted by Gasteiger charge is 2.47. The lowest BCUT2D eigenvalue weighted by Gasteiger charge is -2.49. The zero-order chi connectivity index (χ0) is 13.6. The molecule has 3 N–H and O–H groups in total. The van der Waals surface area contributed by atoms with Crippen molar-refractivity contribution in [2.24, 2.45) is 16.6 Å². The summed E-state index contributed by atoms with van der Waals surface area (Å²) in [7, 11) is 1.66. The van der Waals surface area contributed by atoms with Crippen molar-refractivity contribution < 1.29 is 14.6 Å². The van der Waals surface area contributed by atoms with Crippen LogP contribution in [0.4, 0.5) is 0 Å². The fourth-order valence-electron chi connectivity index (χ4n) is 3.10. The standard InChI is InChI=1S/C14H29NO3/c1-13(2)5-4-6-14(11-15,12(13)16)7-8-18-10-9-17-3/h12,16H,4-11,15H2,1-3H3. The molecule has 0 saturated heterocycles. The molecule has 0 aromatic rings. The fourth-order valence-corrected chi connectivity index (χ4v) is 3.10. The summed E-state index contributed by atoms with van der Waals surface area (Å²) in [5.74, 6) is 0. The summed E-state index contributed by atoms with van der Waals surface area (Å²) in [4.78, 5) is 0. The average molecular weight is 259 g/mol. The minimum absolute atomic E-state index is 0.0375. The van der Waals surface area contributed by atoms with Crippen LogP contribution >= 0.6 is 0 Å². The normalized spacial score (nSPS) is 31.5. The van der Waals surface area contributed by atoms with E-state index in [0.717, 1.165) is 25.7 Å². The molecule has 1 aliphatic rings. The minimum Gasteiger partial charge on any atom is -0.392 e. The summed E-state index contributed by atoms with van der Waals surface area (Å²) in [5, 5.41) is 10.6. The molecule has 0 heterocycles. The second-order valence-corrected chi connectivity index (χ2v) is 6.17. The van der Waals surface area contributed by atoms with Crippen LogP contribution in [-0.2, 0) is 9.47 Å². The van der Waals surface area contributed by atoms with E-state index in [1.165, 1.54) is 0 Å². The predicted octanol–water partition coefficient (Wildman–Crippen LogP) is 1.56. The molecule has 2 atom stereocenters. The first-order chi connectivity index (χ1) is 8.48. The number of aliphatic hydroxyl groups excluding tert-OH is 1. The average Bonchev–Trinajstić information content (AvgIpc) is 2.34. The van der Waals surface area contributed by atoms with Crippen molar-refractivity contribution in [3.05, 3.63) is 0 Å². The Morgan fingerprint density at radius 3 is 2.56 bits per heavy atom. The largest absolute Gasteiger partial charge is 0.392 e. The Bertz CT molecular complexity index is 245. The number of aliphatic hydroxyl groups is 1. The number of methoxy groups -OCH3 is 1. The summed E-state index contributed by atoms with van der Waals surface area (Å²) in [5.41, 5.74) is 5.74. The molecule has 1 rings (SSSR count). The lowest BCUT2D eigenvalue weighted by molar-refractivity contribution is -0.101. The van der Waals surface area contributed by atoms with E-state index < -0.39 is 0 Å². The first-order valence-corrected chi connectivity index (χ1v) is 6.93. The molecule has 2 unspecified atom stereocenters. The van der Waals surface area contributed by atoms with Crippen LogP contribution < -0.4 is 5.73 Å². The molecule has 18 heavy (non-hydrogen) atoms. The van der Waals surface area contributed by atoms with Gasteiger partial charge in [-0.3, -0.25) is 0 Å². The van der Waals surface area contributed by atoms with Crippen molar-refractivity contribution in [2.45, 2.75) is 45.6 Å². The molecule has 0 amide bonds. The van der Waals surface area contributed by atoms with Gasteiger partial charge in [-0.25, -0.2) is 0 Å². The van der Waals surface area contributed by atoms with Gasteiger partial charge in [-0.15, -0.1) is 0 Å². The summed E-state index contributed by atoms with van der Waals surface area (Å²) < 4.78 is 10.5. The molecular weight excluding hydrogens is 230 g/mol. The number of nitrogens with two attached hydrogens (primary N) is 1. The van der Waals surface area contributed by atoms with E-state index in [4.69, 9.17) is 15.2 Å². The molecule has 4 heteroatoms. The number of hydrogen-bond donors (Lipinski definition) is 2. The Kier molecular flexibility index (Phi) is 6.05. The third-order valence-electron chi connectivity index (χ3n) is 4.40. The van der Waals surface area contributed by atoms with Gasteiger partial charge in [0.2, 0.25) is 0 Å². The molecule has 0 spiro atoms. The molecule has 0 aromatic carbocycles. The van der Waals surface area contributed by atoms with Crippen molar-refractivity contribution in [2.75, 3.05) is 33.5 Å². The van der Waals surface area contributed by atoms with Crippen molar-refractivity contribution in [3.8, 4) is 0 Å². The van der Waals surface area contributed by atoms with Crippen LogP contribution in [0, 0.1) is 10.8 Å². The zero-order valence-electron chi connectivity index (χ0n) is 12.1. The molecule has 0 aliphatic heterocycles. The lowest BCUT2D eigenvalue weighted by atomic mass is 9.60. The van der Waals surface area contributed by atoms with Crippen LogP contribution in [0.1, 0.15) is 39.5 Å². The second-order valence-electron chi connectivity index (χ2n) is 6.17. The van der Waals surface area contributed by atoms with Gasteiger partial charge in [-0.1, -0.05) is 20.3 Å². The maximum atomic E-state index is 10.6. The highest BCUT2D eigenvalue weighted by molar-refractivity contribution is 4.98. The molecule has 1 saturated carbocycles. The molecule has 0 radical (unpaired) electrons. The Hall–Kier alpha value is -0.160. The second kappa shape index (κ2) is 6.85. The van der Waals surface area contributed by atoms with Gasteiger partial charge in [-0.05, 0) is 24.7 Å². The summed E-state index contributed by atoms with van der Waals surface area (Å²) >= 11 is 0. The van der Waals surface area contributed by atoms with Crippen LogP contribution in [-0.4, -0.2) is 44.7 Å². The quantitative estimate of drug-likeness (QED) is 0.681. The van der Waals surface area contributed by atoms with Gasteiger partial charge in [0.25, 0.3) is 0 Å². The maximum absolute atomic E-state index is 10.6. The molecular formula is C14H29NO3. The van der Waals surface area contributed by atoms with Gasteiger partial charge in [0, 0.05) is 25.7 Å². The Labute approximate surface area is 111 Å². The van der Waals surface area contributed by atoms with Crippen molar-refractivity contribution >= 4 is 0 Å². The van der Waals surface area contributed by atoms with Gasteiger partial charge < -0.3 is 20.3 Å². The molecule has 4 nitrogen and oxygen atoms in total.